The van der Waals surface area contributed by atoms with Crippen molar-refractivity contribution in [3.05, 3.63) is 89.7 Å². The van der Waals surface area contributed by atoms with Gasteiger partial charge in [0.05, 0.1) is 35.6 Å². The molecule has 1 saturated heterocycles. The average molecular weight is 410 g/mol. The molecule has 2 aromatic carbocycles. The van der Waals surface area contributed by atoms with Crippen LogP contribution in [0, 0.1) is 11.3 Å². The first-order valence-electron chi connectivity index (χ1n) is 10.4. The van der Waals surface area contributed by atoms with Gasteiger partial charge in [0, 0.05) is 25.7 Å². The highest BCUT2D eigenvalue weighted by molar-refractivity contribution is 5.99. The van der Waals surface area contributed by atoms with Crippen LogP contribution in [0.3, 0.4) is 0 Å². The van der Waals surface area contributed by atoms with Crippen molar-refractivity contribution in [2.45, 2.75) is 31.7 Å². The van der Waals surface area contributed by atoms with Gasteiger partial charge in [0.1, 0.15) is 11.9 Å². The molecular weight excluding hydrogens is 388 g/mol. The van der Waals surface area contributed by atoms with Crippen LogP contribution in [0.1, 0.15) is 23.2 Å². The number of anilines is 1. The molecule has 1 fully saturated rings. The molecule has 6 heteroatoms. The first kappa shape index (κ1) is 19.3. The zero-order chi connectivity index (χ0) is 21.2. The van der Waals surface area contributed by atoms with Crippen LogP contribution in [0.15, 0.2) is 72.9 Å². The van der Waals surface area contributed by atoms with Gasteiger partial charge >= 0.3 is 0 Å². The van der Waals surface area contributed by atoms with Crippen LogP contribution < -0.4 is 9.64 Å². The molecule has 0 N–H and O–H groups in total. The van der Waals surface area contributed by atoms with Crippen molar-refractivity contribution < 1.29 is 9.53 Å². The topological polar surface area (TPSA) is 69.5 Å². The van der Waals surface area contributed by atoms with E-state index in [1.165, 1.54) is 0 Å². The summed E-state index contributed by atoms with van der Waals surface area (Å²) in [4.78, 5) is 22.2. The lowest BCUT2D eigenvalue weighted by atomic mass is 10.1. The van der Waals surface area contributed by atoms with Crippen molar-refractivity contribution >= 4 is 11.6 Å². The molecule has 2 atom stereocenters. The summed E-state index contributed by atoms with van der Waals surface area (Å²) in [7, 11) is 0. The third-order valence-corrected chi connectivity index (χ3v) is 5.88. The number of carbonyl (C=O) groups excluding carboxylic acids is 1. The molecule has 0 saturated carbocycles. The van der Waals surface area contributed by atoms with Crippen LogP contribution in [-0.2, 0) is 17.9 Å². The lowest BCUT2D eigenvalue weighted by Crippen LogP contribution is -2.45. The summed E-state index contributed by atoms with van der Waals surface area (Å²) in [5.74, 6) is 0.799. The maximum absolute atomic E-state index is 13.8. The van der Waals surface area contributed by atoms with Gasteiger partial charge in [-0.05, 0) is 42.0 Å². The van der Waals surface area contributed by atoms with Gasteiger partial charge in [-0.25, -0.2) is 0 Å². The van der Waals surface area contributed by atoms with Crippen LogP contribution in [0.2, 0.25) is 0 Å². The van der Waals surface area contributed by atoms with Crippen molar-refractivity contribution in [1.29, 1.82) is 5.26 Å². The highest BCUT2D eigenvalue weighted by atomic mass is 16.5. The molecular formula is C25H22N4O2. The minimum absolute atomic E-state index is 0.0366. The maximum atomic E-state index is 13.8. The fourth-order valence-corrected chi connectivity index (χ4v) is 4.37. The molecule has 1 amide bonds. The smallest absolute Gasteiger partial charge is 0.244 e. The molecule has 1 aromatic heterocycles. The zero-order valence-electron chi connectivity index (χ0n) is 17.0. The molecule has 2 bridgehead atoms. The number of benzene rings is 2. The van der Waals surface area contributed by atoms with Gasteiger partial charge in [0.2, 0.25) is 5.91 Å². The number of para-hydroxylation sites is 2. The first-order chi connectivity index (χ1) is 15.2. The van der Waals surface area contributed by atoms with Gasteiger partial charge in [0.15, 0.2) is 0 Å². The molecule has 3 heterocycles. The molecule has 2 unspecified atom stereocenters. The summed E-state index contributed by atoms with van der Waals surface area (Å²) in [5, 5.41) is 9.04. The number of hydrogen-bond donors (Lipinski definition) is 0. The lowest BCUT2D eigenvalue weighted by Gasteiger charge is -2.31. The van der Waals surface area contributed by atoms with Gasteiger partial charge in [-0.3, -0.25) is 14.7 Å². The Labute approximate surface area is 181 Å². The highest BCUT2D eigenvalue weighted by Crippen LogP contribution is 2.37. The van der Waals surface area contributed by atoms with E-state index in [-0.39, 0.29) is 18.1 Å². The number of carbonyl (C=O) groups is 1. The Balaban J connectivity index is 1.46. The van der Waals surface area contributed by atoms with Crippen LogP contribution >= 0.6 is 0 Å². The van der Waals surface area contributed by atoms with Crippen LogP contribution in [0.5, 0.6) is 5.75 Å². The van der Waals surface area contributed by atoms with Gasteiger partial charge < -0.3 is 9.64 Å². The molecule has 5 rings (SSSR count). The Bertz CT molecular complexity index is 1120. The number of hydrogen-bond acceptors (Lipinski definition) is 5. The summed E-state index contributed by atoms with van der Waals surface area (Å²) >= 11 is 0. The number of amides is 1. The van der Waals surface area contributed by atoms with E-state index in [9.17, 15) is 4.79 Å². The number of nitrogens with zero attached hydrogens (tertiary/aromatic N) is 4. The molecule has 0 aliphatic carbocycles. The predicted octanol–water partition coefficient (Wildman–Crippen LogP) is 3.52. The number of fused-ring (bicyclic) bond motifs is 3. The Morgan fingerprint density at radius 2 is 1.84 bits per heavy atom. The van der Waals surface area contributed by atoms with Crippen molar-refractivity contribution in [3.63, 3.8) is 0 Å². The third kappa shape index (κ3) is 3.88. The second-order valence-corrected chi connectivity index (χ2v) is 7.94. The Hall–Kier alpha value is -3.69. The summed E-state index contributed by atoms with van der Waals surface area (Å²) in [6, 6.07) is 22.9. The SMILES string of the molecule is N#Cc1ccc(CN2CC3CC2C(=O)N(Cc2ccccn2)c2ccccc2O3)cc1. The van der Waals surface area contributed by atoms with E-state index in [0.29, 0.717) is 31.6 Å². The van der Waals surface area contributed by atoms with Gasteiger partial charge in [0.25, 0.3) is 0 Å². The van der Waals surface area contributed by atoms with E-state index < -0.39 is 0 Å². The molecule has 2 aliphatic rings. The third-order valence-electron chi connectivity index (χ3n) is 5.88. The van der Waals surface area contributed by atoms with Gasteiger partial charge in [-0.1, -0.05) is 30.3 Å². The van der Waals surface area contributed by atoms with Crippen molar-refractivity contribution in [1.82, 2.24) is 9.88 Å². The lowest BCUT2D eigenvalue weighted by molar-refractivity contribution is -0.123. The normalized spacial score (nSPS) is 20.4. The van der Waals surface area contributed by atoms with Gasteiger partial charge in [-0.2, -0.15) is 5.26 Å². The number of nitriles is 1. The molecule has 2 aliphatic heterocycles. The molecule has 3 aromatic rings. The molecule has 154 valence electrons. The molecule has 31 heavy (non-hydrogen) atoms. The first-order valence-corrected chi connectivity index (χ1v) is 10.4. The second kappa shape index (κ2) is 8.21. The monoisotopic (exact) mass is 410 g/mol. The Morgan fingerprint density at radius 3 is 2.61 bits per heavy atom. The van der Waals surface area contributed by atoms with E-state index >= 15 is 0 Å². The second-order valence-electron chi connectivity index (χ2n) is 7.94. The quantitative estimate of drug-likeness (QED) is 0.658. The maximum Gasteiger partial charge on any atom is 0.244 e. The van der Waals surface area contributed by atoms with Crippen LogP contribution in [0.4, 0.5) is 5.69 Å². The number of rotatable bonds is 4. The van der Waals surface area contributed by atoms with E-state index in [4.69, 9.17) is 10.00 Å². The molecule has 0 radical (unpaired) electrons. The summed E-state index contributed by atoms with van der Waals surface area (Å²) in [6.45, 7) is 1.71. The van der Waals surface area contributed by atoms with E-state index in [1.807, 2.05) is 66.7 Å². The highest BCUT2D eigenvalue weighted by Gasteiger charge is 2.42. The number of likely N-dealkylation sites (tertiary alicyclic amines) is 1. The van der Waals surface area contributed by atoms with Crippen molar-refractivity contribution in [2.24, 2.45) is 0 Å². The molecule has 6 nitrogen and oxygen atoms in total. The Morgan fingerprint density at radius 1 is 1.03 bits per heavy atom. The standard InChI is InChI=1S/C25H22N4O2/c26-14-18-8-10-19(11-9-18)15-28-17-21-13-23(28)25(30)29(16-20-5-3-4-12-27-20)22-6-1-2-7-24(22)31-21/h1-12,21,23H,13,15-17H2. The zero-order valence-corrected chi connectivity index (χ0v) is 17.0. The Kier molecular flexibility index (Phi) is 5.11. The van der Waals surface area contributed by atoms with E-state index in [0.717, 1.165) is 22.7 Å². The van der Waals surface area contributed by atoms with Gasteiger partial charge in [-0.15, -0.1) is 0 Å². The predicted molar refractivity (Wildman–Crippen MR) is 116 cm³/mol. The molecule has 0 spiro atoms. The average Bonchev–Trinajstić information content (AvgIpc) is 3.21. The number of pyridine rings is 1. The van der Waals surface area contributed by atoms with E-state index in [1.54, 1.807) is 11.1 Å². The minimum Gasteiger partial charge on any atom is -0.487 e. The van der Waals surface area contributed by atoms with Crippen LogP contribution in [0.25, 0.3) is 0 Å². The largest absolute Gasteiger partial charge is 0.487 e. The van der Waals surface area contributed by atoms with Crippen LogP contribution in [-0.4, -0.2) is 34.5 Å². The number of aromatic nitrogens is 1. The summed E-state index contributed by atoms with van der Waals surface area (Å²) < 4.78 is 6.35. The fraction of sp³-hybridized carbons (Fsp3) is 0.240. The number of ether oxygens (including phenoxy) is 1. The summed E-state index contributed by atoms with van der Waals surface area (Å²) in [6.07, 6.45) is 2.36. The summed E-state index contributed by atoms with van der Waals surface area (Å²) in [5.41, 5.74) is 3.33. The van der Waals surface area contributed by atoms with E-state index in [2.05, 4.69) is 16.0 Å². The van der Waals surface area contributed by atoms with Crippen molar-refractivity contribution in [2.75, 3.05) is 11.4 Å². The van der Waals surface area contributed by atoms with Crippen molar-refractivity contribution in [3.8, 4) is 11.8 Å². The fourth-order valence-electron chi connectivity index (χ4n) is 4.37. The minimum atomic E-state index is -0.266.